The predicted molar refractivity (Wildman–Crippen MR) is 98.1 cm³/mol. The molecular formula is C18H20N8O2. The highest BCUT2D eigenvalue weighted by Gasteiger charge is 2.25. The lowest BCUT2D eigenvalue weighted by atomic mass is 10.2. The zero-order valence-electron chi connectivity index (χ0n) is 15.3. The van der Waals surface area contributed by atoms with E-state index in [1.54, 1.807) is 26.9 Å². The first-order valence-corrected chi connectivity index (χ1v) is 9.03. The molecular weight excluding hydrogens is 360 g/mol. The third kappa shape index (κ3) is 4.05. The maximum absolute atomic E-state index is 12.7. The van der Waals surface area contributed by atoms with Crippen LogP contribution in [-0.4, -0.2) is 77.8 Å². The lowest BCUT2D eigenvalue weighted by Crippen LogP contribution is -2.51. The number of carbonyl (C=O) groups is 2. The number of tetrazole rings is 1. The Kier molecular flexibility index (Phi) is 5.09. The summed E-state index contributed by atoms with van der Waals surface area (Å²) in [6.07, 6.45) is 4.77. The third-order valence-corrected chi connectivity index (χ3v) is 4.68. The molecule has 10 nitrogen and oxygen atoms in total. The normalized spacial score (nSPS) is 14.3. The van der Waals surface area contributed by atoms with Crippen LogP contribution in [0.1, 0.15) is 15.9 Å². The highest BCUT2D eigenvalue weighted by Crippen LogP contribution is 2.10. The van der Waals surface area contributed by atoms with Gasteiger partial charge >= 0.3 is 0 Å². The van der Waals surface area contributed by atoms with Gasteiger partial charge in [0.25, 0.3) is 5.91 Å². The average molecular weight is 380 g/mol. The first-order chi connectivity index (χ1) is 13.7. The monoisotopic (exact) mass is 380 g/mol. The molecule has 28 heavy (non-hydrogen) atoms. The summed E-state index contributed by atoms with van der Waals surface area (Å²) in [5.41, 5.74) is 1.68. The minimum atomic E-state index is -0.0631. The molecule has 1 fully saturated rings. The van der Waals surface area contributed by atoms with Crippen LogP contribution in [0.4, 0.5) is 0 Å². The topological polar surface area (TPSA) is 102 Å². The van der Waals surface area contributed by atoms with Gasteiger partial charge in [0.2, 0.25) is 5.91 Å². The van der Waals surface area contributed by atoms with Gasteiger partial charge in [-0.1, -0.05) is 30.3 Å². The van der Waals surface area contributed by atoms with E-state index in [9.17, 15) is 9.59 Å². The molecule has 0 aliphatic carbocycles. The number of benzene rings is 1. The molecule has 1 aliphatic rings. The molecule has 1 aromatic carbocycles. The van der Waals surface area contributed by atoms with Crippen LogP contribution in [0, 0.1) is 0 Å². The molecule has 0 bridgehead atoms. The Balaban J connectivity index is 1.31. The Morgan fingerprint density at radius 2 is 1.71 bits per heavy atom. The minimum absolute atomic E-state index is 0.0601. The number of carbonyl (C=O) groups excluding carboxylic acids is 2. The van der Waals surface area contributed by atoms with E-state index in [0.29, 0.717) is 38.3 Å². The SMILES string of the molecule is O=C(Cn1cnnn1)N1CCN(C(=O)c2cnn(Cc3ccccc3)c2)CC1. The summed E-state index contributed by atoms with van der Waals surface area (Å²) in [7, 11) is 0. The molecule has 2 aromatic heterocycles. The van der Waals surface area contributed by atoms with Gasteiger partial charge in [0.1, 0.15) is 12.9 Å². The lowest BCUT2D eigenvalue weighted by molar-refractivity contribution is -0.133. The molecule has 1 aliphatic heterocycles. The average Bonchev–Trinajstić information content (AvgIpc) is 3.40. The molecule has 2 amide bonds. The van der Waals surface area contributed by atoms with E-state index in [2.05, 4.69) is 20.6 Å². The van der Waals surface area contributed by atoms with E-state index in [0.717, 1.165) is 5.56 Å². The Morgan fingerprint density at radius 1 is 0.964 bits per heavy atom. The number of hydrogen-bond acceptors (Lipinski definition) is 6. The van der Waals surface area contributed by atoms with Gasteiger partial charge in [-0.2, -0.15) is 5.10 Å². The van der Waals surface area contributed by atoms with Crippen molar-refractivity contribution in [3.63, 3.8) is 0 Å². The second-order valence-corrected chi connectivity index (χ2v) is 6.59. The quantitative estimate of drug-likeness (QED) is 0.613. The molecule has 0 N–H and O–H groups in total. The van der Waals surface area contributed by atoms with E-state index in [4.69, 9.17) is 0 Å². The summed E-state index contributed by atoms with van der Waals surface area (Å²) < 4.78 is 3.15. The van der Waals surface area contributed by atoms with Gasteiger partial charge in [0, 0.05) is 32.4 Å². The second-order valence-electron chi connectivity index (χ2n) is 6.59. The van der Waals surface area contributed by atoms with Crippen LogP contribution in [0.5, 0.6) is 0 Å². The maximum atomic E-state index is 12.7. The molecule has 0 radical (unpaired) electrons. The molecule has 4 rings (SSSR count). The molecule has 0 saturated carbocycles. The van der Waals surface area contributed by atoms with Gasteiger partial charge in [-0.15, -0.1) is 5.10 Å². The van der Waals surface area contributed by atoms with Gasteiger partial charge < -0.3 is 9.80 Å². The van der Waals surface area contributed by atoms with Crippen molar-refractivity contribution >= 4 is 11.8 Å². The largest absolute Gasteiger partial charge is 0.338 e. The number of amides is 2. The molecule has 10 heteroatoms. The van der Waals surface area contributed by atoms with Crippen LogP contribution < -0.4 is 0 Å². The van der Waals surface area contributed by atoms with Crippen molar-refractivity contribution in [3.8, 4) is 0 Å². The van der Waals surface area contributed by atoms with Crippen molar-refractivity contribution in [2.24, 2.45) is 0 Å². The fraction of sp³-hybridized carbons (Fsp3) is 0.333. The number of piperazine rings is 1. The Bertz CT molecular complexity index is 930. The van der Waals surface area contributed by atoms with E-state index in [1.807, 2.05) is 30.3 Å². The Labute approximate surface area is 161 Å². The number of aromatic nitrogens is 6. The highest BCUT2D eigenvalue weighted by molar-refractivity contribution is 5.94. The van der Waals surface area contributed by atoms with Crippen LogP contribution in [-0.2, 0) is 17.9 Å². The number of hydrogen-bond donors (Lipinski definition) is 0. The first kappa shape index (κ1) is 17.8. The standard InChI is InChI=1S/C18H20N8O2/c27-17(13-26-14-19-21-22-26)23-6-8-24(9-7-23)18(28)16-10-20-25(12-16)11-15-4-2-1-3-5-15/h1-5,10,12,14H,6-9,11,13H2. The van der Waals surface area contributed by atoms with Crippen molar-refractivity contribution in [2.75, 3.05) is 26.2 Å². The van der Waals surface area contributed by atoms with E-state index in [1.165, 1.54) is 11.0 Å². The molecule has 1 saturated heterocycles. The van der Waals surface area contributed by atoms with Crippen molar-refractivity contribution in [1.29, 1.82) is 0 Å². The molecule has 0 atom stereocenters. The minimum Gasteiger partial charge on any atom is -0.338 e. The van der Waals surface area contributed by atoms with E-state index >= 15 is 0 Å². The first-order valence-electron chi connectivity index (χ1n) is 9.03. The molecule has 3 heterocycles. The number of rotatable bonds is 5. The van der Waals surface area contributed by atoms with Crippen LogP contribution >= 0.6 is 0 Å². The zero-order valence-corrected chi connectivity index (χ0v) is 15.3. The van der Waals surface area contributed by atoms with E-state index < -0.39 is 0 Å². The fourth-order valence-electron chi connectivity index (χ4n) is 3.16. The maximum Gasteiger partial charge on any atom is 0.257 e. The Hall–Kier alpha value is -3.56. The van der Waals surface area contributed by atoms with Gasteiger partial charge in [0.15, 0.2) is 0 Å². The predicted octanol–water partition coefficient (Wildman–Crippen LogP) is -0.0975. The van der Waals surface area contributed by atoms with Crippen molar-refractivity contribution in [3.05, 3.63) is 60.2 Å². The van der Waals surface area contributed by atoms with E-state index in [-0.39, 0.29) is 18.4 Å². The van der Waals surface area contributed by atoms with Gasteiger partial charge in [0.05, 0.1) is 18.3 Å². The summed E-state index contributed by atoms with van der Waals surface area (Å²) in [4.78, 5) is 28.5. The molecule has 144 valence electrons. The highest BCUT2D eigenvalue weighted by atomic mass is 16.2. The lowest BCUT2D eigenvalue weighted by Gasteiger charge is -2.34. The smallest absolute Gasteiger partial charge is 0.257 e. The summed E-state index contributed by atoms with van der Waals surface area (Å²) >= 11 is 0. The van der Waals surface area contributed by atoms with Crippen LogP contribution in [0.3, 0.4) is 0 Å². The van der Waals surface area contributed by atoms with Crippen molar-refractivity contribution < 1.29 is 9.59 Å². The summed E-state index contributed by atoms with van der Waals surface area (Å²) in [6.45, 7) is 2.69. The fourth-order valence-corrected chi connectivity index (χ4v) is 3.16. The second kappa shape index (κ2) is 7.99. The number of nitrogens with zero attached hydrogens (tertiary/aromatic N) is 8. The molecule has 3 aromatic rings. The summed E-state index contributed by atoms with van der Waals surface area (Å²) in [5.74, 6) is -0.123. The third-order valence-electron chi connectivity index (χ3n) is 4.68. The van der Waals surface area contributed by atoms with Crippen molar-refractivity contribution in [2.45, 2.75) is 13.1 Å². The summed E-state index contributed by atoms with van der Waals surface area (Å²) in [6, 6.07) is 9.97. The van der Waals surface area contributed by atoms with Gasteiger partial charge in [-0.05, 0) is 16.0 Å². The van der Waals surface area contributed by atoms with Gasteiger partial charge in [-0.25, -0.2) is 4.68 Å². The summed E-state index contributed by atoms with van der Waals surface area (Å²) in [5, 5.41) is 15.0. The Morgan fingerprint density at radius 3 is 2.43 bits per heavy atom. The molecule has 0 spiro atoms. The molecule has 0 unspecified atom stereocenters. The zero-order chi connectivity index (χ0) is 19.3. The van der Waals surface area contributed by atoms with Gasteiger partial charge in [-0.3, -0.25) is 14.3 Å². The van der Waals surface area contributed by atoms with Crippen molar-refractivity contribution in [1.82, 2.24) is 39.8 Å². The van der Waals surface area contributed by atoms with Crippen LogP contribution in [0.15, 0.2) is 49.1 Å². The van der Waals surface area contributed by atoms with Crippen LogP contribution in [0.25, 0.3) is 0 Å². The van der Waals surface area contributed by atoms with Crippen LogP contribution in [0.2, 0.25) is 0 Å².